The lowest BCUT2D eigenvalue weighted by Crippen LogP contribution is -2.40. The fourth-order valence-corrected chi connectivity index (χ4v) is 3.62. The number of piperidine rings is 1. The molecule has 22 heavy (non-hydrogen) atoms. The first kappa shape index (κ1) is 15.9. The summed E-state index contributed by atoms with van der Waals surface area (Å²) in [6.07, 6.45) is 3.85. The summed E-state index contributed by atoms with van der Waals surface area (Å²) in [5, 5.41) is 1.57. The zero-order valence-corrected chi connectivity index (χ0v) is 14.3. The lowest BCUT2D eigenvalue weighted by Gasteiger charge is -2.40. The molecule has 0 saturated carbocycles. The van der Waals surface area contributed by atoms with Crippen molar-refractivity contribution >= 4 is 23.2 Å². The van der Waals surface area contributed by atoms with E-state index in [0.717, 1.165) is 16.6 Å². The van der Waals surface area contributed by atoms with E-state index in [1.54, 1.807) is 0 Å². The van der Waals surface area contributed by atoms with E-state index in [0.29, 0.717) is 6.04 Å². The third-order valence-corrected chi connectivity index (χ3v) is 5.06. The number of benzene rings is 2. The van der Waals surface area contributed by atoms with Crippen molar-refractivity contribution in [3.8, 4) is 0 Å². The van der Waals surface area contributed by atoms with Crippen LogP contribution >= 0.6 is 23.2 Å². The first-order valence-corrected chi connectivity index (χ1v) is 8.67. The van der Waals surface area contributed by atoms with Crippen LogP contribution in [0.25, 0.3) is 0 Å². The molecule has 0 aromatic heterocycles. The Hall–Kier alpha value is -1.02. The van der Waals surface area contributed by atoms with Crippen molar-refractivity contribution in [1.29, 1.82) is 0 Å². The van der Waals surface area contributed by atoms with Crippen molar-refractivity contribution in [1.82, 2.24) is 4.90 Å². The summed E-state index contributed by atoms with van der Waals surface area (Å²) in [6, 6.07) is 17.3. The quantitative estimate of drug-likeness (QED) is 0.670. The molecule has 0 amide bonds. The van der Waals surface area contributed by atoms with Gasteiger partial charge in [0.05, 0.1) is 6.04 Å². The molecule has 1 saturated heterocycles. The molecule has 3 heteroatoms. The number of rotatable bonds is 3. The third kappa shape index (κ3) is 3.48. The van der Waals surface area contributed by atoms with Crippen molar-refractivity contribution < 1.29 is 0 Å². The smallest absolute Gasteiger partial charge is 0.0604 e. The molecule has 1 heterocycles. The van der Waals surface area contributed by atoms with Crippen LogP contribution in [0.5, 0.6) is 0 Å². The van der Waals surface area contributed by atoms with Gasteiger partial charge in [-0.2, -0.15) is 0 Å². The van der Waals surface area contributed by atoms with Gasteiger partial charge in [-0.1, -0.05) is 53.9 Å². The van der Waals surface area contributed by atoms with E-state index in [2.05, 4.69) is 36.1 Å². The Morgan fingerprint density at radius 1 is 0.864 bits per heavy atom. The van der Waals surface area contributed by atoms with E-state index in [9.17, 15) is 0 Å². The third-order valence-electron chi connectivity index (χ3n) is 4.56. The van der Waals surface area contributed by atoms with Gasteiger partial charge in [-0.05, 0) is 61.7 Å². The highest BCUT2D eigenvalue weighted by Gasteiger charge is 2.28. The molecule has 2 aromatic carbocycles. The molecule has 1 fully saturated rings. The average Bonchev–Trinajstić information content (AvgIpc) is 2.53. The van der Waals surface area contributed by atoms with Crippen molar-refractivity contribution in [2.45, 2.75) is 38.3 Å². The molecule has 1 aliphatic rings. The Morgan fingerprint density at radius 2 is 1.36 bits per heavy atom. The molecule has 116 valence electrons. The fraction of sp³-hybridized carbons (Fsp3) is 0.368. The minimum Gasteiger partial charge on any atom is -0.290 e. The normalized spacial score (nSPS) is 19.5. The molecule has 1 atom stereocenters. The summed E-state index contributed by atoms with van der Waals surface area (Å²) >= 11 is 12.1. The molecular weight excluding hydrogens is 313 g/mol. The molecule has 0 aliphatic carbocycles. The summed E-state index contributed by atoms with van der Waals surface area (Å²) in [6.45, 7) is 3.47. The number of nitrogens with zero attached hydrogens (tertiary/aromatic N) is 1. The Bertz CT molecular complexity index is 561. The van der Waals surface area contributed by atoms with Crippen LogP contribution < -0.4 is 0 Å². The predicted molar refractivity (Wildman–Crippen MR) is 94.8 cm³/mol. The molecule has 1 nitrogen and oxygen atoms in total. The summed E-state index contributed by atoms with van der Waals surface area (Å²) in [7, 11) is 0. The second-order valence-electron chi connectivity index (χ2n) is 6.09. The van der Waals surface area contributed by atoms with Crippen molar-refractivity contribution in [3.63, 3.8) is 0 Å². The molecule has 0 unspecified atom stereocenters. The van der Waals surface area contributed by atoms with Gasteiger partial charge >= 0.3 is 0 Å². The number of hydrogen-bond acceptors (Lipinski definition) is 1. The largest absolute Gasteiger partial charge is 0.290 e. The minimum absolute atomic E-state index is 0.268. The second-order valence-corrected chi connectivity index (χ2v) is 6.96. The molecule has 0 spiro atoms. The molecule has 0 bridgehead atoms. The van der Waals surface area contributed by atoms with Crippen LogP contribution in [0.2, 0.25) is 10.0 Å². The highest BCUT2D eigenvalue weighted by molar-refractivity contribution is 6.30. The predicted octanol–water partition coefficient (Wildman–Crippen LogP) is 5.96. The lowest BCUT2D eigenvalue weighted by atomic mass is 9.92. The van der Waals surface area contributed by atoms with E-state index in [1.165, 1.54) is 30.4 Å². The van der Waals surface area contributed by atoms with Gasteiger partial charge in [0.2, 0.25) is 0 Å². The maximum absolute atomic E-state index is 6.07. The van der Waals surface area contributed by atoms with Crippen LogP contribution in [-0.4, -0.2) is 17.5 Å². The highest BCUT2D eigenvalue weighted by atomic mass is 35.5. The van der Waals surface area contributed by atoms with E-state index in [-0.39, 0.29) is 6.04 Å². The van der Waals surface area contributed by atoms with Crippen LogP contribution in [0.3, 0.4) is 0 Å². The first-order valence-electron chi connectivity index (χ1n) is 7.92. The Labute approximate surface area is 142 Å². The summed E-state index contributed by atoms with van der Waals surface area (Å²) in [5.41, 5.74) is 2.58. The Balaban J connectivity index is 2.01. The van der Waals surface area contributed by atoms with Crippen LogP contribution in [0.15, 0.2) is 48.5 Å². The Kier molecular flexibility index (Phi) is 5.07. The van der Waals surface area contributed by atoms with Crippen LogP contribution in [-0.2, 0) is 0 Å². The standard InChI is InChI=1S/C19H21Cl2N/c1-14-4-2-3-13-22(14)19(15-5-9-17(20)10-6-15)16-7-11-18(21)12-8-16/h5-12,14,19H,2-4,13H2,1H3/t14-/m1/s1. The monoisotopic (exact) mass is 333 g/mol. The van der Waals surface area contributed by atoms with Crippen molar-refractivity contribution in [2.24, 2.45) is 0 Å². The summed E-state index contributed by atoms with van der Waals surface area (Å²) < 4.78 is 0. The van der Waals surface area contributed by atoms with Crippen LogP contribution in [0, 0.1) is 0 Å². The van der Waals surface area contributed by atoms with Crippen LogP contribution in [0.4, 0.5) is 0 Å². The van der Waals surface area contributed by atoms with Gasteiger partial charge in [0.25, 0.3) is 0 Å². The van der Waals surface area contributed by atoms with E-state index in [4.69, 9.17) is 23.2 Å². The maximum Gasteiger partial charge on any atom is 0.0604 e. The maximum atomic E-state index is 6.07. The molecule has 2 aromatic rings. The SMILES string of the molecule is C[C@@H]1CCCCN1C(c1ccc(Cl)cc1)c1ccc(Cl)cc1. The fourth-order valence-electron chi connectivity index (χ4n) is 3.37. The van der Waals surface area contributed by atoms with Gasteiger partial charge < -0.3 is 0 Å². The van der Waals surface area contributed by atoms with Gasteiger partial charge in [0, 0.05) is 16.1 Å². The van der Waals surface area contributed by atoms with Crippen molar-refractivity contribution in [2.75, 3.05) is 6.54 Å². The van der Waals surface area contributed by atoms with E-state index >= 15 is 0 Å². The summed E-state index contributed by atoms with van der Waals surface area (Å²) in [5.74, 6) is 0. The second kappa shape index (κ2) is 7.04. The van der Waals surface area contributed by atoms with Crippen molar-refractivity contribution in [3.05, 3.63) is 69.7 Å². The molecule has 0 N–H and O–H groups in total. The molecule has 0 radical (unpaired) electrons. The summed E-state index contributed by atoms with van der Waals surface area (Å²) in [4.78, 5) is 2.61. The molecule has 1 aliphatic heterocycles. The molecular formula is C19H21Cl2N. The number of likely N-dealkylation sites (tertiary alicyclic amines) is 1. The van der Waals surface area contributed by atoms with Crippen LogP contribution in [0.1, 0.15) is 43.4 Å². The average molecular weight is 334 g/mol. The van der Waals surface area contributed by atoms with Gasteiger partial charge in [0.15, 0.2) is 0 Å². The minimum atomic E-state index is 0.268. The van der Waals surface area contributed by atoms with E-state index in [1.807, 2.05) is 24.3 Å². The van der Waals surface area contributed by atoms with Gasteiger partial charge in [-0.25, -0.2) is 0 Å². The highest BCUT2D eigenvalue weighted by Crippen LogP contribution is 2.34. The van der Waals surface area contributed by atoms with Gasteiger partial charge in [-0.15, -0.1) is 0 Å². The zero-order chi connectivity index (χ0) is 15.5. The topological polar surface area (TPSA) is 3.24 Å². The first-order chi connectivity index (χ1) is 10.6. The van der Waals surface area contributed by atoms with E-state index < -0.39 is 0 Å². The number of hydrogen-bond donors (Lipinski definition) is 0. The van der Waals surface area contributed by atoms with Gasteiger partial charge in [-0.3, -0.25) is 4.90 Å². The number of halogens is 2. The van der Waals surface area contributed by atoms with Gasteiger partial charge in [0.1, 0.15) is 0 Å². The lowest BCUT2D eigenvalue weighted by molar-refractivity contribution is 0.125. The molecule has 3 rings (SSSR count). The Morgan fingerprint density at radius 3 is 1.82 bits per heavy atom. The zero-order valence-electron chi connectivity index (χ0n) is 12.8.